The number of amides is 1. The molecule has 0 aliphatic rings. The molecule has 0 fully saturated rings. The molecular weight excluding hydrogens is 300 g/mol. The Morgan fingerprint density at radius 1 is 1.43 bits per heavy atom. The summed E-state index contributed by atoms with van der Waals surface area (Å²) in [4.78, 5) is 26.1. The Morgan fingerprint density at radius 2 is 2.13 bits per heavy atom. The van der Waals surface area contributed by atoms with Crippen molar-refractivity contribution < 1.29 is 14.8 Å². The number of carbonyl (C=O) groups excluding carboxylic acids is 1. The minimum Gasteiger partial charge on any atom is -0.396 e. The van der Waals surface area contributed by atoms with Gasteiger partial charge in [0.2, 0.25) is 11.7 Å². The van der Waals surface area contributed by atoms with E-state index in [1.54, 1.807) is 6.92 Å². The van der Waals surface area contributed by atoms with Crippen molar-refractivity contribution in [2.24, 2.45) is 0 Å². The number of aliphatic hydroxyl groups is 1. The Balaban J connectivity index is 2.06. The number of aromatic nitrogens is 2. The molecule has 1 heterocycles. The van der Waals surface area contributed by atoms with Crippen molar-refractivity contribution in [1.82, 2.24) is 14.9 Å². The van der Waals surface area contributed by atoms with Crippen LogP contribution < -0.4 is 5.32 Å². The van der Waals surface area contributed by atoms with E-state index in [-0.39, 0.29) is 30.9 Å². The van der Waals surface area contributed by atoms with Gasteiger partial charge < -0.3 is 20.5 Å². The average molecular weight is 318 g/mol. The predicted molar refractivity (Wildman–Crippen MR) is 82.6 cm³/mol. The Kier molecular flexibility index (Phi) is 5.42. The summed E-state index contributed by atoms with van der Waals surface area (Å²) in [6.45, 7) is 1.47. The molecular formula is C15H18N4O4. The van der Waals surface area contributed by atoms with E-state index >= 15 is 0 Å². The van der Waals surface area contributed by atoms with Crippen molar-refractivity contribution >= 4 is 11.7 Å². The maximum Gasteiger partial charge on any atom is 0.381 e. The molecule has 122 valence electrons. The maximum absolute atomic E-state index is 12.2. The van der Waals surface area contributed by atoms with Crippen LogP contribution in [0.4, 0.5) is 5.82 Å². The average Bonchev–Trinajstić information content (AvgIpc) is 2.89. The molecule has 1 atom stereocenters. The molecule has 0 aliphatic heterocycles. The van der Waals surface area contributed by atoms with E-state index in [9.17, 15) is 14.9 Å². The van der Waals surface area contributed by atoms with Crippen LogP contribution in [0.25, 0.3) is 0 Å². The SMILES string of the molecule is Cc1nc([N+](=O)[O-])cn1CC(=O)NC(CCO)c1ccccc1. The van der Waals surface area contributed by atoms with Crippen molar-refractivity contribution in [3.8, 4) is 0 Å². The van der Waals surface area contributed by atoms with Gasteiger partial charge in [0.15, 0.2) is 0 Å². The van der Waals surface area contributed by atoms with Gasteiger partial charge >= 0.3 is 5.82 Å². The number of nitrogens with one attached hydrogen (secondary N) is 1. The Morgan fingerprint density at radius 3 is 2.70 bits per heavy atom. The van der Waals surface area contributed by atoms with Crippen LogP contribution in [0, 0.1) is 17.0 Å². The van der Waals surface area contributed by atoms with E-state index in [1.165, 1.54) is 10.8 Å². The van der Waals surface area contributed by atoms with Gasteiger partial charge in [0.05, 0.1) is 6.04 Å². The lowest BCUT2D eigenvalue weighted by Gasteiger charge is -2.18. The molecule has 2 rings (SSSR count). The number of nitrogens with zero attached hydrogens (tertiary/aromatic N) is 3. The van der Waals surface area contributed by atoms with Crippen LogP contribution in [0.1, 0.15) is 23.9 Å². The first-order valence-electron chi connectivity index (χ1n) is 7.14. The molecule has 23 heavy (non-hydrogen) atoms. The van der Waals surface area contributed by atoms with Crippen molar-refractivity contribution in [2.75, 3.05) is 6.61 Å². The van der Waals surface area contributed by atoms with Gasteiger partial charge in [-0.05, 0) is 21.9 Å². The van der Waals surface area contributed by atoms with Crippen molar-refractivity contribution in [3.63, 3.8) is 0 Å². The zero-order valence-electron chi connectivity index (χ0n) is 12.7. The molecule has 0 saturated carbocycles. The molecule has 1 aromatic heterocycles. The lowest BCUT2D eigenvalue weighted by Crippen LogP contribution is -2.32. The Labute approximate surface area is 132 Å². The predicted octanol–water partition coefficient (Wildman–Crippen LogP) is 1.34. The number of aryl methyl sites for hydroxylation is 1. The van der Waals surface area contributed by atoms with Crippen molar-refractivity contribution in [2.45, 2.75) is 25.9 Å². The van der Waals surface area contributed by atoms with E-state index in [4.69, 9.17) is 5.11 Å². The van der Waals surface area contributed by atoms with Crippen molar-refractivity contribution in [3.05, 3.63) is 58.0 Å². The monoisotopic (exact) mass is 318 g/mol. The minimum atomic E-state index is -0.597. The molecule has 1 amide bonds. The summed E-state index contributed by atoms with van der Waals surface area (Å²) in [5.74, 6) is -0.196. The fourth-order valence-corrected chi connectivity index (χ4v) is 2.27. The lowest BCUT2D eigenvalue weighted by molar-refractivity contribution is -0.389. The number of rotatable bonds is 7. The Bertz CT molecular complexity index is 684. The summed E-state index contributed by atoms with van der Waals surface area (Å²) in [7, 11) is 0. The molecule has 0 aliphatic carbocycles. The quantitative estimate of drug-likeness (QED) is 0.591. The first kappa shape index (κ1) is 16.6. The highest BCUT2D eigenvalue weighted by molar-refractivity contribution is 5.76. The van der Waals surface area contributed by atoms with Crippen LogP contribution in [-0.2, 0) is 11.3 Å². The summed E-state index contributed by atoms with van der Waals surface area (Å²) in [6.07, 6.45) is 1.62. The highest BCUT2D eigenvalue weighted by Gasteiger charge is 2.19. The van der Waals surface area contributed by atoms with E-state index < -0.39 is 4.92 Å². The van der Waals surface area contributed by atoms with E-state index in [0.717, 1.165) is 5.56 Å². The van der Waals surface area contributed by atoms with Crippen LogP contribution in [0.15, 0.2) is 36.5 Å². The number of benzene rings is 1. The summed E-state index contributed by atoms with van der Waals surface area (Å²) < 4.78 is 1.43. The van der Waals surface area contributed by atoms with E-state index in [0.29, 0.717) is 12.2 Å². The zero-order valence-corrected chi connectivity index (χ0v) is 12.7. The number of nitro groups is 1. The molecule has 8 heteroatoms. The van der Waals surface area contributed by atoms with Crippen LogP contribution in [0.3, 0.4) is 0 Å². The fraction of sp³-hybridized carbons (Fsp3) is 0.333. The fourth-order valence-electron chi connectivity index (χ4n) is 2.27. The maximum atomic E-state index is 12.2. The second kappa shape index (κ2) is 7.50. The number of aliphatic hydroxyl groups excluding tert-OH is 1. The second-order valence-corrected chi connectivity index (χ2v) is 5.07. The van der Waals surface area contributed by atoms with Gasteiger partial charge in [-0.1, -0.05) is 30.3 Å². The van der Waals surface area contributed by atoms with Crippen molar-refractivity contribution in [1.29, 1.82) is 0 Å². The topological polar surface area (TPSA) is 110 Å². The van der Waals surface area contributed by atoms with E-state index in [1.807, 2.05) is 30.3 Å². The molecule has 2 N–H and O–H groups in total. The largest absolute Gasteiger partial charge is 0.396 e. The number of imidazole rings is 1. The molecule has 1 aromatic carbocycles. The van der Waals surface area contributed by atoms with Gasteiger partial charge in [-0.15, -0.1) is 0 Å². The van der Waals surface area contributed by atoms with Gasteiger partial charge in [0.25, 0.3) is 0 Å². The van der Waals surface area contributed by atoms with Gasteiger partial charge in [0.1, 0.15) is 12.7 Å². The van der Waals surface area contributed by atoms with Crippen LogP contribution in [0.2, 0.25) is 0 Å². The van der Waals surface area contributed by atoms with E-state index in [2.05, 4.69) is 10.3 Å². The standard InChI is InChI=1S/C15H18N4O4/c1-11-16-14(19(22)23)9-18(11)10-15(21)17-13(7-8-20)12-5-3-2-4-6-12/h2-6,9,13,20H,7-8,10H2,1H3,(H,17,21). The lowest BCUT2D eigenvalue weighted by atomic mass is 10.0. The van der Waals surface area contributed by atoms with Gasteiger partial charge in [0, 0.05) is 13.5 Å². The van der Waals surface area contributed by atoms with Gasteiger partial charge in [-0.25, -0.2) is 0 Å². The molecule has 1 unspecified atom stereocenters. The van der Waals surface area contributed by atoms with Crippen LogP contribution in [0.5, 0.6) is 0 Å². The third kappa shape index (κ3) is 4.36. The smallest absolute Gasteiger partial charge is 0.381 e. The normalized spacial score (nSPS) is 11.9. The Hall–Kier alpha value is -2.74. The summed E-state index contributed by atoms with van der Waals surface area (Å²) in [5, 5.41) is 22.7. The second-order valence-electron chi connectivity index (χ2n) is 5.07. The highest BCUT2D eigenvalue weighted by Crippen LogP contribution is 2.16. The first-order valence-corrected chi connectivity index (χ1v) is 7.14. The zero-order chi connectivity index (χ0) is 16.8. The number of hydrogen-bond acceptors (Lipinski definition) is 5. The molecule has 0 bridgehead atoms. The third-order valence-corrected chi connectivity index (χ3v) is 3.42. The number of carbonyl (C=O) groups is 1. The summed E-state index contributed by atoms with van der Waals surface area (Å²) in [6, 6.07) is 9.01. The molecule has 2 aromatic rings. The summed E-state index contributed by atoms with van der Waals surface area (Å²) >= 11 is 0. The summed E-state index contributed by atoms with van der Waals surface area (Å²) in [5.41, 5.74) is 0.892. The molecule has 8 nitrogen and oxygen atoms in total. The molecule has 0 spiro atoms. The third-order valence-electron chi connectivity index (χ3n) is 3.42. The molecule has 0 radical (unpaired) electrons. The van der Waals surface area contributed by atoms with Gasteiger partial charge in [-0.3, -0.25) is 9.36 Å². The minimum absolute atomic E-state index is 0.0601. The van der Waals surface area contributed by atoms with Gasteiger partial charge in [-0.2, -0.15) is 0 Å². The van der Waals surface area contributed by atoms with Crippen LogP contribution in [-0.4, -0.2) is 32.1 Å². The number of hydrogen-bond donors (Lipinski definition) is 2. The van der Waals surface area contributed by atoms with Crippen LogP contribution >= 0.6 is 0 Å². The molecule has 0 saturated heterocycles. The highest BCUT2D eigenvalue weighted by atomic mass is 16.6. The first-order chi connectivity index (χ1) is 11.0.